The van der Waals surface area contributed by atoms with E-state index in [1.165, 1.54) is 0 Å². The number of rotatable bonds is 8. The molecule has 1 aliphatic rings. The third-order valence-electron chi connectivity index (χ3n) is 6.34. The number of nitrogens with zero attached hydrogens (tertiary/aromatic N) is 3. The summed E-state index contributed by atoms with van der Waals surface area (Å²) in [5.74, 6) is -0.0348. The Kier molecular flexibility index (Phi) is 7.80. The average Bonchev–Trinajstić information content (AvgIpc) is 3.24. The molecule has 4 rings (SSSR count). The number of sulfonamides is 1. The van der Waals surface area contributed by atoms with E-state index >= 15 is 0 Å². The zero-order valence-corrected chi connectivity index (χ0v) is 20.4. The minimum absolute atomic E-state index is 0.0348. The SMILES string of the molecule is CC(NC(=O)CCc1ccc(S(=O)(=O)N2CCCCCC2)cc1)c1ccc(-n2ccnc2)cc1. The van der Waals surface area contributed by atoms with Crippen LogP contribution in [0.25, 0.3) is 5.69 Å². The van der Waals surface area contributed by atoms with Crippen LogP contribution >= 0.6 is 0 Å². The smallest absolute Gasteiger partial charge is 0.243 e. The third kappa shape index (κ3) is 5.93. The van der Waals surface area contributed by atoms with E-state index < -0.39 is 10.0 Å². The van der Waals surface area contributed by atoms with Gasteiger partial charge in [-0.1, -0.05) is 37.1 Å². The van der Waals surface area contributed by atoms with Crippen molar-refractivity contribution in [3.8, 4) is 5.69 Å². The highest BCUT2D eigenvalue weighted by atomic mass is 32.2. The van der Waals surface area contributed by atoms with Crippen molar-refractivity contribution < 1.29 is 13.2 Å². The van der Waals surface area contributed by atoms with Gasteiger partial charge in [0, 0.05) is 37.6 Å². The Labute approximate surface area is 201 Å². The zero-order valence-electron chi connectivity index (χ0n) is 19.6. The first kappa shape index (κ1) is 24.2. The quantitative estimate of drug-likeness (QED) is 0.522. The van der Waals surface area contributed by atoms with Gasteiger partial charge >= 0.3 is 0 Å². The lowest BCUT2D eigenvalue weighted by Crippen LogP contribution is -2.31. The molecular formula is C26H32N4O3S. The highest BCUT2D eigenvalue weighted by Crippen LogP contribution is 2.21. The van der Waals surface area contributed by atoms with Crippen LogP contribution in [0.3, 0.4) is 0 Å². The Morgan fingerprint density at radius 3 is 2.29 bits per heavy atom. The maximum Gasteiger partial charge on any atom is 0.243 e. The first-order valence-electron chi connectivity index (χ1n) is 11.9. The zero-order chi connectivity index (χ0) is 24.0. The van der Waals surface area contributed by atoms with E-state index in [9.17, 15) is 13.2 Å². The highest BCUT2D eigenvalue weighted by molar-refractivity contribution is 7.89. The molecule has 1 fully saturated rings. The van der Waals surface area contributed by atoms with E-state index in [1.54, 1.807) is 29.0 Å². The summed E-state index contributed by atoms with van der Waals surface area (Å²) in [6.45, 7) is 3.15. The molecule has 2 heterocycles. The molecule has 1 amide bonds. The van der Waals surface area contributed by atoms with E-state index in [0.29, 0.717) is 30.8 Å². The molecule has 1 saturated heterocycles. The Balaban J connectivity index is 1.29. The van der Waals surface area contributed by atoms with Crippen LogP contribution in [0.2, 0.25) is 0 Å². The molecule has 7 nitrogen and oxygen atoms in total. The molecule has 180 valence electrons. The van der Waals surface area contributed by atoms with Crippen molar-refractivity contribution in [3.63, 3.8) is 0 Å². The van der Waals surface area contributed by atoms with Crippen molar-refractivity contribution >= 4 is 15.9 Å². The molecule has 34 heavy (non-hydrogen) atoms. The van der Waals surface area contributed by atoms with Crippen LogP contribution in [-0.2, 0) is 21.2 Å². The lowest BCUT2D eigenvalue weighted by atomic mass is 10.1. The summed E-state index contributed by atoms with van der Waals surface area (Å²) < 4.78 is 29.4. The van der Waals surface area contributed by atoms with Gasteiger partial charge in [-0.25, -0.2) is 13.4 Å². The molecule has 8 heteroatoms. The highest BCUT2D eigenvalue weighted by Gasteiger charge is 2.24. The molecule has 0 spiro atoms. The van der Waals surface area contributed by atoms with Crippen molar-refractivity contribution in [2.75, 3.05) is 13.1 Å². The molecule has 1 unspecified atom stereocenters. The lowest BCUT2D eigenvalue weighted by molar-refractivity contribution is -0.121. The number of aryl methyl sites for hydroxylation is 1. The van der Waals surface area contributed by atoms with Crippen LogP contribution < -0.4 is 5.32 Å². The molecule has 0 bridgehead atoms. The van der Waals surface area contributed by atoms with Crippen LogP contribution in [0, 0.1) is 0 Å². The number of aromatic nitrogens is 2. The van der Waals surface area contributed by atoms with Crippen molar-refractivity contribution in [1.82, 2.24) is 19.2 Å². The molecule has 2 aromatic carbocycles. The molecule has 1 atom stereocenters. The molecule has 0 aliphatic carbocycles. The molecule has 3 aromatic rings. The Bertz CT molecular complexity index is 1170. The molecule has 1 aromatic heterocycles. The molecule has 1 N–H and O–H groups in total. The maximum atomic E-state index is 12.9. The number of imidazole rings is 1. The van der Waals surface area contributed by atoms with E-state index in [0.717, 1.165) is 42.5 Å². The Morgan fingerprint density at radius 2 is 1.68 bits per heavy atom. The lowest BCUT2D eigenvalue weighted by Gasteiger charge is -2.20. The van der Waals surface area contributed by atoms with Crippen molar-refractivity contribution in [2.45, 2.75) is 56.4 Å². The minimum Gasteiger partial charge on any atom is -0.350 e. The minimum atomic E-state index is -3.45. The van der Waals surface area contributed by atoms with Gasteiger partial charge in [-0.3, -0.25) is 4.79 Å². The van der Waals surface area contributed by atoms with Gasteiger partial charge in [-0.15, -0.1) is 0 Å². The first-order chi connectivity index (χ1) is 16.4. The molecule has 0 saturated carbocycles. The van der Waals surface area contributed by atoms with Crippen LogP contribution in [-0.4, -0.2) is 41.3 Å². The molecular weight excluding hydrogens is 448 g/mol. The molecule has 1 aliphatic heterocycles. The average molecular weight is 481 g/mol. The fourth-order valence-corrected chi connectivity index (χ4v) is 5.78. The van der Waals surface area contributed by atoms with Crippen LogP contribution in [0.15, 0.2) is 72.1 Å². The van der Waals surface area contributed by atoms with E-state index in [2.05, 4.69) is 10.3 Å². The summed E-state index contributed by atoms with van der Waals surface area (Å²) in [6, 6.07) is 14.9. The van der Waals surface area contributed by atoms with E-state index in [1.807, 2.05) is 54.1 Å². The van der Waals surface area contributed by atoms with Gasteiger partial charge in [0.05, 0.1) is 17.3 Å². The Morgan fingerprint density at radius 1 is 1.00 bits per heavy atom. The largest absolute Gasteiger partial charge is 0.350 e. The number of carbonyl (C=O) groups excluding carboxylic acids is 1. The summed E-state index contributed by atoms with van der Waals surface area (Å²) in [4.78, 5) is 16.9. The number of carbonyl (C=O) groups is 1. The van der Waals surface area contributed by atoms with Crippen molar-refractivity contribution in [2.24, 2.45) is 0 Å². The maximum absolute atomic E-state index is 12.9. The predicted molar refractivity (Wildman–Crippen MR) is 132 cm³/mol. The number of amides is 1. The van der Waals surface area contributed by atoms with Gasteiger partial charge < -0.3 is 9.88 Å². The second-order valence-electron chi connectivity index (χ2n) is 8.81. The van der Waals surface area contributed by atoms with Gasteiger partial charge in [0.15, 0.2) is 0 Å². The van der Waals surface area contributed by atoms with E-state index in [-0.39, 0.29) is 11.9 Å². The number of nitrogens with one attached hydrogen (secondary N) is 1. The summed E-state index contributed by atoms with van der Waals surface area (Å²) in [5.41, 5.74) is 2.99. The fourth-order valence-electron chi connectivity index (χ4n) is 4.26. The van der Waals surface area contributed by atoms with Crippen LogP contribution in [0.4, 0.5) is 0 Å². The number of benzene rings is 2. The first-order valence-corrected chi connectivity index (χ1v) is 13.3. The van der Waals surface area contributed by atoms with Gasteiger partial charge in [0.2, 0.25) is 15.9 Å². The monoisotopic (exact) mass is 480 g/mol. The third-order valence-corrected chi connectivity index (χ3v) is 8.25. The topological polar surface area (TPSA) is 84.3 Å². The summed E-state index contributed by atoms with van der Waals surface area (Å²) in [6.07, 6.45) is 10.3. The van der Waals surface area contributed by atoms with Crippen LogP contribution in [0.1, 0.15) is 56.2 Å². The molecule has 0 radical (unpaired) electrons. The van der Waals surface area contributed by atoms with Gasteiger partial charge in [-0.2, -0.15) is 4.31 Å². The van der Waals surface area contributed by atoms with E-state index in [4.69, 9.17) is 0 Å². The number of hydrogen-bond donors (Lipinski definition) is 1. The Hall–Kier alpha value is -2.97. The van der Waals surface area contributed by atoms with Crippen LogP contribution in [0.5, 0.6) is 0 Å². The van der Waals surface area contributed by atoms with Gasteiger partial charge in [0.25, 0.3) is 0 Å². The van der Waals surface area contributed by atoms with Crippen molar-refractivity contribution in [3.05, 3.63) is 78.4 Å². The summed E-state index contributed by atoms with van der Waals surface area (Å²) in [5, 5.41) is 3.04. The number of hydrogen-bond acceptors (Lipinski definition) is 4. The second kappa shape index (κ2) is 11.0. The van der Waals surface area contributed by atoms with Gasteiger partial charge in [-0.05, 0) is 61.6 Å². The standard InChI is InChI=1S/C26H32N4O3S/c1-21(23-9-11-24(12-10-23)29-19-16-27-20-29)28-26(31)15-8-22-6-13-25(14-7-22)34(32,33)30-17-4-2-3-5-18-30/h6-7,9-14,16,19-21H,2-5,8,15,17-18H2,1H3,(H,28,31). The normalized spacial score (nSPS) is 16.0. The van der Waals surface area contributed by atoms with Gasteiger partial charge in [0.1, 0.15) is 0 Å². The van der Waals surface area contributed by atoms with Crippen molar-refractivity contribution in [1.29, 1.82) is 0 Å². The predicted octanol–water partition coefficient (Wildman–Crippen LogP) is 4.25. The fraction of sp³-hybridized carbons (Fsp3) is 0.385. The summed E-state index contributed by atoms with van der Waals surface area (Å²) >= 11 is 0. The second-order valence-corrected chi connectivity index (χ2v) is 10.8. The summed E-state index contributed by atoms with van der Waals surface area (Å²) in [7, 11) is -3.45.